The molecule has 0 bridgehead atoms. The molecule has 26 heavy (non-hydrogen) atoms. The van der Waals surface area contributed by atoms with Crippen molar-refractivity contribution in [1.29, 1.82) is 5.26 Å². The molecule has 0 spiro atoms. The van der Waals surface area contributed by atoms with E-state index in [1.54, 1.807) is 0 Å². The molecule has 0 aliphatic carbocycles. The monoisotopic (exact) mass is 344 g/mol. The first-order valence-corrected chi connectivity index (χ1v) is 8.79. The summed E-state index contributed by atoms with van der Waals surface area (Å²) in [6.07, 6.45) is 1.34. The fourth-order valence-electron chi connectivity index (χ4n) is 3.61. The van der Waals surface area contributed by atoms with Crippen LogP contribution in [0.1, 0.15) is 22.9 Å². The van der Waals surface area contributed by atoms with Gasteiger partial charge in [0.25, 0.3) is 0 Å². The molecule has 5 nitrogen and oxygen atoms in total. The molecule has 4 rings (SSSR count). The normalized spacial score (nSPS) is 15.2. The second kappa shape index (κ2) is 7.42. The Morgan fingerprint density at radius 3 is 2.00 bits per heavy atom. The molecule has 1 fully saturated rings. The standard InChI is InChI=1S/C21H20N4O/c22-15-19-21(26-16-23-19)25-13-11-24(12-14-25)20(17-7-3-1-4-8-17)18-9-5-2-6-10-18/h1-10,16,20H,11-14H2. The molecule has 1 aliphatic heterocycles. The zero-order valence-electron chi connectivity index (χ0n) is 14.5. The van der Waals surface area contributed by atoms with E-state index in [1.165, 1.54) is 17.5 Å². The summed E-state index contributed by atoms with van der Waals surface area (Å²) >= 11 is 0. The highest BCUT2D eigenvalue weighted by Gasteiger charge is 2.28. The highest BCUT2D eigenvalue weighted by atomic mass is 16.4. The zero-order chi connectivity index (χ0) is 17.8. The van der Waals surface area contributed by atoms with Crippen LogP contribution in [0, 0.1) is 11.3 Å². The molecule has 3 aromatic rings. The van der Waals surface area contributed by atoms with Gasteiger partial charge in [0, 0.05) is 26.2 Å². The van der Waals surface area contributed by atoms with Crippen LogP contribution in [0.15, 0.2) is 71.5 Å². The van der Waals surface area contributed by atoms with Gasteiger partial charge in [0.15, 0.2) is 6.39 Å². The maximum atomic E-state index is 9.17. The Labute approximate surface area is 153 Å². The van der Waals surface area contributed by atoms with Crippen LogP contribution in [0.4, 0.5) is 5.88 Å². The summed E-state index contributed by atoms with van der Waals surface area (Å²) in [6.45, 7) is 3.39. The summed E-state index contributed by atoms with van der Waals surface area (Å²) in [5, 5.41) is 9.17. The molecule has 1 aliphatic rings. The van der Waals surface area contributed by atoms with Gasteiger partial charge in [-0.15, -0.1) is 0 Å². The smallest absolute Gasteiger partial charge is 0.234 e. The first-order chi connectivity index (χ1) is 12.9. The fourth-order valence-corrected chi connectivity index (χ4v) is 3.61. The van der Waals surface area contributed by atoms with Crippen LogP contribution in [-0.2, 0) is 0 Å². The van der Waals surface area contributed by atoms with E-state index >= 15 is 0 Å². The van der Waals surface area contributed by atoms with Gasteiger partial charge in [-0.25, -0.2) is 4.98 Å². The minimum absolute atomic E-state index is 0.227. The molecule has 2 heterocycles. The lowest BCUT2D eigenvalue weighted by Gasteiger charge is -2.39. The Bertz CT molecular complexity index is 838. The number of hydrogen-bond acceptors (Lipinski definition) is 5. The van der Waals surface area contributed by atoms with Gasteiger partial charge < -0.3 is 9.32 Å². The van der Waals surface area contributed by atoms with Crippen molar-refractivity contribution in [2.45, 2.75) is 6.04 Å². The lowest BCUT2D eigenvalue weighted by atomic mass is 9.96. The van der Waals surface area contributed by atoms with E-state index in [0.29, 0.717) is 11.6 Å². The molecule has 1 aromatic heterocycles. The summed E-state index contributed by atoms with van der Waals surface area (Å²) in [5.74, 6) is 0.586. The van der Waals surface area contributed by atoms with Gasteiger partial charge >= 0.3 is 0 Å². The topological polar surface area (TPSA) is 56.3 Å². The Kier molecular flexibility index (Phi) is 4.67. The number of oxazole rings is 1. The molecule has 0 saturated carbocycles. The first-order valence-electron chi connectivity index (χ1n) is 8.79. The van der Waals surface area contributed by atoms with Crippen LogP contribution in [0.3, 0.4) is 0 Å². The average molecular weight is 344 g/mol. The molecular weight excluding hydrogens is 324 g/mol. The van der Waals surface area contributed by atoms with E-state index in [0.717, 1.165) is 26.2 Å². The van der Waals surface area contributed by atoms with Crippen LogP contribution in [0.25, 0.3) is 0 Å². The van der Waals surface area contributed by atoms with E-state index in [4.69, 9.17) is 9.68 Å². The Morgan fingerprint density at radius 2 is 1.46 bits per heavy atom. The first kappa shape index (κ1) is 16.4. The van der Waals surface area contributed by atoms with Gasteiger partial charge in [-0.3, -0.25) is 4.90 Å². The highest BCUT2D eigenvalue weighted by Crippen LogP contribution is 2.30. The van der Waals surface area contributed by atoms with Crippen LogP contribution < -0.4 is 4.90 Å². The summed E-state index contributed by atoms with van der Waals surface area (Å²) in [4.78, 5) is 8.57. The van der Waals surface area contributed by atoms with Crippen molar-refractivity contribution in [2.75, 3.05) is 31.1 Å². The minimum Gasteiger partial charge on any atom is -0.426 e. The highest BCUT2D eigenvalue weighted by molar-refractivity contribution is 5.47. The largest absolute Gasteiger partial charge is 0.426 e. The van der Waals surface area contributed by atoms with Crippen molar-refractivity contribution in [3.05, 3.63) is 83.9 Å². The van der Waals surface area contributed by atoms with Gasteiger partial charge in [-0.2, -0.15) is 5.26 Å². The third-order valence-electron chi connectivity index (χ3n) is 4.85. The molecule has 0 unspecified atom stereocenters. The molecule has 0 amide bonds. The summed E-state index contributed by atoms with van der Waals surface area (Å²) in [6, 6.07) is 23.6. The predicted octanol–water partition coefficient (Wildman–Crippen LogP) is 3.46. The SMILES string of the molecule is N#Cc1ncoc1N1CCN(C(c2ccccc2)c2ccccc2)CC1. The van der Waals surface area contributed by atoms with Crippen molar-refractivity contribution >= 4 is 5.88 Å². The second-order valence-corrected chi connectivity index (χ2v) is 6.36. The zero-order valence-corrected chi connectivity index (χ0v) is 14.5. The number of anilines is 1. The van der Waals surface area contributed by atoms with E-state index in [-0.39, 0.29) is 6.04 Å². The quantitative estimate of drug-likeness (QED) is 0.725. The van der Waals surface area contributed by atoms with Gasteiger partial charge in [0.1, 0.15) is 6.07 Å². The van der Waals surface area contributed by atoms with Gasteiger partial charge in [-0.1, -0.05) is 60.7 Å². The Hall–Kier alpha value is -3.10. The third-order valence-corrected chi connectivity index (χ3v) is 4.85. The molecule has 0 atom stereocenters. The second-order valence-electron chi connectivity index (χ2n) is 6.36. The molecule has 0 N–H and O–H groups in total. The average Bonchev–Trinajstić information content (AvgIpc) is 3.19. The number of nitriles is 1. The van der Waals surface area contributed by atoms with Gasteiger partial charge in [0.05, 0.1) is 6.04 Å². The number of piperazine rings is 1. The number of benzene rings is 2. The van der Waals surface area contributed by atoms with Crippen molar-refractivity contribution in [3.63, 3.8) is 0 Å². The van der Waals surface area contributed by atoms with Crippen molar-refractivity contribution in [1.82, 2.24) is 9.88 Å². The maximum Gasteiger partial charge on any atom is 0.234 e. The predicted molar refractivity (Wildman–Crippen MR) is 99.7 cm³/mol. The fraction of sp³-hybridized carbons (Fsp3) is 0.238. The minimum atomic E-state index is 0.227. The van der Waals surface area contributed by atoms with E-state index in [2.05, 4.69) is 81.5 Å². The lowest BCUT2D eigenvalue weighted by molar-refractivity contribution is 0.209. The molecular formula is C21H20N4O. The van der Waals surface area contributed by atoms with Crippen LogP contribution in [0.2, 0.25) is 0 Å². The van der Waals surface area contributed by atoms with Crippen LogP contribution in [0.5, 0.6) is 0 Å². The third kappa shape index (κ3) is 3.19. The molecule has 1 saturated heterocycles. The number of hydrogen-bond donors (Lipinski definition) is 0. The van der Waals surface area contributed by atoms with Crippen LogP contribution in [-0.4, -0.2) is 36.1 Å². The summed E-state index contributed by atoms with van der Waals surface area (Å²) < 4.78 is 5.43. The number of rotatable bonds is 4. The van der Waals surface area contributed by atoms with E-state index in [9.17, 15) is 0 Å². The van der Waals surface area contributed by atoms with Crippen LogP contribution >= 0.6 is 0 Å². The van der Waals surface area contributed by atoms with Gasteiger partial charge in [-0.05, 0) is 11.1 Å². The van der Waals surface area contributed by atoms with E-state index in [1.807, 2.05) is 0 Å². The molecule has 0 radical (unpaired) electrons. The summed E-state index contributed by atoms with van der Waals surface area (Å²) in [5.41, 5.74) is 2.95. The van der Waals surface area contributed by atoms with Crippen molar-refractivity contribution in [2.24, 2.45) is 0 Å². The van der Waals surface area contributed by atoms with Crippen molar-refractivity contribution < 1.29 is 4.42 Å². The number of aromatic nitrogens is 1. The summed E-state index contributed by atoms with van der Waals surface area (Å²) in [7, 11) is 0. The lowest BCUT2D eigenvalue weighted by Crippen LogP contribution is -2.48. The van der Waals surface area contributed by atoms with Crippen molar-refractivity contribution in [3.8, 4) is 6.07 Å². The van der Waals surface area contributed by atoms with E-state index < -0.39 is 0 Å². The Morgan fingerprint density at radius 1 is 0.885 bits per heavy atom. The number of nitrogens with zero attached hydrogens (tertiary/aromatic N) is 4. The Balaban J connectivity index is 1.56. The maximum absolute atomic E-state index is 9.17. The molecule has 5 heteroatoms. The van der Waals surface area contributed by atoms with Gasteiger partial charge in [0.2, 0.25) is 11.6 Å². The molecule has 130 valence electrons. The molecule has 2 aromatic carbocycles.